The maximum Gasteiger partial charge on any atom is 0.260 e. The molecule has 23 heavy (non-hydrogen) atoms. The zero-order valence-electron chi connectivity index (χ0n) is 13.4. The van der Waals surface area contributed by atoms with Gasteiger partial charge in [0, 0.05) is 25.6 Å². The van der Waals surface area contributed by atoms with Gasteiger partial charge in [0.05, 0.1) is 18.6 Å². The molecule has 0 aromatic carbocycles. The lowest BCUT2D eigenvalue weighted by atomic mass is 9.81. The Labute approximate surface area is 135 Å². The van der Waals surface area contributed by atoms with E-state index in [2.05, 4.69) is 5.32 Å². The van der Waals surface area contributed by atoms with Crippen LogP contribution in [0.15, 0.2) is 0 Å². The van der Waals surface area contributed by atoms with Crippen molar-refractivity contribution in [3.63, 3.8) is 0 Å². The molecule has 1 N–H and O–H groups in total. The molecule has 3 atom stereocenters. The van der Waals surface area contributed by atoms with Gasteiger partial charge in [-0.3, -0.25) is 9.59 Å². The molecule has 2 amide bonds. The summed E-state index contributed by atoms with van der Waals surface area (Å²) in [6, 6.07) is 0. The van der Waals surface area contributed by atoms with Gasteiger partial charge in [0.2, 0.25) is 5.91 Å². The van der Waals surface area contributed by atoms with Crippen molar-refractivity contribution in [1.82, 2.24) is 10.2 Å². The average molecular weight is 324 g/mol. The Hall–Kier alpha value is -1.17. The summed E-state index contributed by atoms with van der Waals surface area (Å²) in [5.74, 6) is 0.651. The van der Waals surface area contributed by atoms with Gasteiger partial charge in [-0.05, 0) is 44.4 Å². The summed E-state index contributed by atoms with van der Waals surface area (Å²) in [6.45, 7) is 1.85. The molecule has 0 aromatic rings. The molecule has 2 aliphatic carbocycles. The number of amides is 2. The quantitative estimate of drug-likeness (QED) is 0.832. The van der Waals surface area contributed by atoms with Gasteiger partial charge in [-0.1, -0.05) is 0 Å². The van der Waals surface area contributed by atoms with Gasteiger partial charge in [-0.15, -0.1) is 0 Å². The zero-order chi connectivity index (χ0) is 16.0. The highest BCUT2D eigenvalue weighted by molar-refractivity contribution is 5.86. The first-order chi connectivity index (χ1) is 11.0. The van der Waals surface area contributed by atoms with Gasteiger partial charge in [-0.25, -0.2) is 4.39 Å². The monoisotopic (exact) mass is 324 g/mol. The molecule has 6 heteroatoms. The van der Waals surface area contributed by atoms with Gasteiger partial charge in [0.15, 0.2) is 5.67 Å². The van der Waals surface area contributed by atoms with Crippen LogP contribution in [0.5, 0.6) is 0 Å². The summed E-state index contributed by atoms with van der Waals surface area (Å²) in [6.07, 6.45) is 5.11. The standard InChI is InChI=1S/C17H25FN2O3/c18-17(4-1-5-17)16(22)20-9-12-6-13(23-14(12)10-20)7-15(21)19-8-11-2-3-11/h11-14H,1-10H2,(H,19,21)/t12-,13-,14+/m0/s1. The largest absolute Gasteiger partial charge is 0.372 e. The third-order valence-corrected chi connectivity index (χ3v) is 5.83. The van der Waals surface area contributed by atoms with Gasteiger partial charge >= 0.3 is 0 Å². The Morgan fingerprint density at radius 2 is 2.04 bits per heavy atom. The normalized spacial score (nSPS) is 34.8. The molecular weight excluding hydrogens is 299 g/mol. The molecule has 4 aliphatic rings. The number of carbonyl (C=O) groups is 2. The van der Waals surface area contributed by atoms with Crippen LogP contribution in [0.3, 0.4) is 0 Å². The number of alkyl halides is 1. The molecule has 4 fully saturated rings. The smallest absolute Gasteiger partial charge is 0.260 e. The van der Waals surface area contributed by atoms with Crippen molar-refractivity contribution in [1.29, 1.82) is 0 Å². The second-order valence-corrected chi connectivity index (χ2v) is 7.77. The molecule has 0 spiro atoms. The van der Waals surface area contributed by atoms with Crippen molar-refractivity contribution >= 4 is 11.8 Å². The minimum atomic E-state index is -1.61. The molecule has 0 bridgehead atoms. The lowest BCUT2D eigenvalue weighted by molar-refractivity contribution is -0.149. The Bertz CT molecular complexity index is 490. The molecule has 128 valence electrons. The van der Waals surface area contributed by atoms with E-state index in [0.717, 1.165) is 19.4 Å². The van der Waals surface area contributed by atoms with Gasteiger partial charge in [-0.2, -0.15) is 0 Å². The summed E-state index contributed by atoms with van der Waals surface area (Å²) in [7, 11) is 0. The first-order valence-corrected chi connectivity index (χ1v) is 8.94. The highest BCUT2D eigenvalue weighted by Crippen LogP contribution is 2.41. The Balaban J connectivity index is 1.23. The maximum atomic E-state index is 14.2. The van der Waals surface area contributed by atoms with Crippen molar-refractivity contribution in [2.75, 3.05) is 19.6 Å². The maximum absolute atomic E-state index is 14.2. The van der Waals surface area contributed by atoms with E-state index in [1.54, 1.807) is 4.90 Å². The van der Waals surface area contributed by atoms with Crippen LogP contribution >= 0.6 is 0 Å². The number of carbonyl (C=O) groups excluding carboxylic acids is 2. The number of likely N-dealkylation sites (tertiary alicyclic amines) is 1. The average Bonchev–Trinajstić information content (AvgIpc) is 3.13. The van der Waals surface area contributed by atoms with Crippen LogP contribution in [0.2, 0.25) is 0 Å². The second-order valence-electron chi connectivity index (χ2n) is 7.77. The topological polar surface area (TPSA) is 58.6 Å². The summed E-state index contributed by atoms with van der Waals surface area (Å²) in [4.78, 5) is 25.8. The number of nitrogens with one attached hydrogen (secondary N) is 1. The van der Waals surface area contributed by atoms with E-state index in [-0.39, 0.29) is 29.9 Å². The fourth-order valence-corrected chi connectivity index (χ4v) is 4.00. The minimum absolute atomic E-state index is 0.0242. The van der Waals surface area contributed by atoms with Crippen molar-refractivity contribution in [3.8, 4) is 0 Å². The Kier molecular flexibility index (Phi) is 3.82. The van der Waals surface area contributed by atoms with Crippen LogP contribution in [0.25, 0.3) is 0 Å². The predicted octanol–water partition coefficient (Wildman–Crippen LogP) is 1.41. The van der Waals surface area contributed by atoms with Crippen LogP contribution in [-0.2, 0) is 14.3 Å². The van der Waals surface area contributed by atoms with E-state index in [1.165, 1.54) is 12.8 Å². The SMILES string of the molecule is O=C(C[C@@H]1C[C@H]2CN(C(=O)C3(F)CCC3)C[C@H]2O1)NCC1CC1. The van der Waals surface area contributed by atoms with Crippen molar-refractivity contribution in [2.45, 2.75) is 62.8 Å². The number of hydrogen-bond donors (Lipinski definition) is 1. The number of nitrogens with zero attached hydrogens (tertiary/aromatic N) is 1. The lowest BCUT2D eigenvalue weighted by Crippen LogP contribution is -2.50. The number of fused-ring (bicyclic) bond motifs is 1. The molecule has 0 aromatic heterocycles. The number of rotatable bonds is 5. The van der Waals surface area contributed by atoms with Gasteiger partial charge < -0.3 is 15.0 Å². The highest BCUT2D eigenvalue weighted by atomic mass is 19.1. The Morgan fingerprint density at radius 1 is 1.26 bits per heavy atom. The van der Waals surface area contributed by atoms with Crippen molar-refractivity contribution in [2.24, 2.45) is 11.8 Å². The highest BCUT2D eigenvalue weighted by Gasteiger charge is 2.51. The van der Waals surface area contributed by atoms with E-state index >= 15 is 0 Å². The van der Waals surface area contributed by atoms with Crippen molar-refractivity contribution in [3.05, 3.63) is 0 Å². The third kappa shape index (κ3) is 3.10. The van der Waals surface area contributed by atoms with E-state index in [4.69, 9.17) is 4.74 Å². The molecule has 2 saturated carbocycles. The fraction of sp³-hybridized carbons (Fsp3) is 0.882. The van der Waals surface area contributed by atoms with Crippen LogP contribution < -0.4 is 5.32 Å². The van der Waals surface area contributed by atoms with E-state index in [1.807, 2.05) is 0 Å². The molecule has 2 saturated heterocycles. The van der Waals surface area contributed by atoms with Crippen LogP contribution in [0.4, 0.5) is 4.39 Å². The molecular formula is C17H25FN2O3. The molecule has 2 heterocycles. The first-order valence-electron chi connectivity index (χ1n) is 8.94. The van der Waals surface area contributed by atoms with Crippen LogP contribution in [-0.4, -0.2) is 54.2 Å². The molecule has 4 rings (SSSR count). The summed E-state index contributed by atoms with van der Waals surface area (Å²) in [5, 5.41) is 2.97. The number of halogens is 1. The molecule has 0 radical (unpaired) electrons. The fourth-order valence-electron chi connectivity index (χ4n) is 4.00. The summed E-state index contributed by atoms with van der Waals surface area (Å²) >= 11 is 0. The molecule has 5 nitrogen and oxygen atoms in total. The predicted molar refractivity (Wildman–Crippen MR) is 81.4 cm³/mol. The third-order valence-electron chi connectivity index (χ3n) is 5.83. The summed E-state index contributed by atoms with van der Waals surface area (Å²) in [5.41, 5.74) is -1.61. The zero-order valence-corrected chi connectivity index (χ0v) is 13.4. The number of hydrogen-bond acceptors (Lipinski definition) is 3. The van der Waals surface area contributed by atoms with E-state index in [0.29, 0.717) is 38.3 Å². The molecule has 2 aliphatic heterocycles. The summed E-state index contributed by atoms with van der Waals surface area (Å²) < 4.78 is 20.2. The second kappa shape index (κ2) is 5.72. The van der Waals surface area contributed by atoms with E-state index in [9.17, 15) is 14.0 Å². The van der Waals surface area contributed by atoms with Crippen LogP contribution in [0, 0.1) is 11.8 Å². The first kappa shape index (κ1) is 15.4. The Morgan fingerprint density at radius 3 is 2.65 bits per heavy atom. The van der Waals surface area contributed by atoms with E-state index < -0.39 is 5.67 Å². The van der Waals surface area contributed by atoms with Crippen LogP contribution in [0.1, 0.15) is 44.9 Å². The lowest BCUT2D eigenvalue weighted by Gasteiger charge is -2.35. The number of ether oxygens (including phenoxy) is 1. The molecule has 0 unspecified atom stereocenters. The minimum Gasteiger partial charge on any atom is -0.372 e. The van der Waals surface area contributed by atoms with Gasteiger partial charge in [0.25, 0.3) is 5.91 Å². The van der Waals surface area contributed by atoms with Crippen molar-refractivity contribution < 1.29 is 18.7 Å². The van der Waals surface area contributed by atoms with Gasteiger partial charge in [0.1, 0.15) is 0 Å².